The summed E-state index contributed by atoms with van der Waals surface area (Å²) in [5.41, 5.74) is 6.21. The summed E-state index contributed by atoms with van der Waals surface area (Å²) in [4.78, 5) is 30.5. The zero-order valence-corrected chi connectivity index (χ0v) is 14.8. The summed E-state index contributed by atoms with van der Waals surface area (Å²) in [6.07, 6.45) is 5.62. The van der Waals surface area contributed by atoms with E-state index in [9.17, 15) is 9.59 Å². The van der Waals surface area contributed by atoms with Crippen molar-refractivity contribution < 1.29 is 14.0 Å². The van der Waals surface area contributed by atoms with E-state index in [2.05, 4.69) is 10.3 Å². The normalized spacial score (nSPS) is 19.2. The second kappa shape index (κ2) is 8.02. The highest BCUT2D eigenvalue weighted by atomic mass is 16.3. The van der Waals surface area contributed by atoms with Gasteiger partial charge < -0.3 is 25.4 Å². The Balaban J connectivity index is 2.20. The molecule has 2 rings (SSSR count). The van der Waals surface area contributed by atoms with Gasteiger partial charge in [0.2, 0.25) is 11.8 Å². The SMILES string of the molecule is CNC(=O)C1CCCN1C(=O)C(C(C)C)N(N)/C=C(\N)c1cnco1. The van der Waals surface area contributed by atoms with Crippen LogP contribution in [0.1, 0.15) is 32.4 Å². The number of nitrogens with two attached hydrogens (primary N) is 2. The van der Waals surface area contributed by atoms with Crippen LogP contribution < -0.4 is 16.9 Å². The van der Waals surface area contributed by atoms with Gasteiger partial charge in [-0.25, -0.2) is 10.8 Å². The Labute approximate surface area is 147 Å². The summed E-state index contributed by atoms with van der Waals surface area (Å²) in [6, 6.07) is -1.10. The molecule has 0 radical (unpaired) electrons. The van der Waals surface area contributed by atoms with Crippen molar-refractivity contribution in [2.45, 2.75) is 38.8 Å². The Kier molecular flexibility index (Phi) is 6.02. The minimum Gasteiger partial charge on any atom is -0.442 e. The first-order valence-electron chi connectivity index (χ1n) is 8.28. The lowest BCUT2D eigenvalue weighted by Crippen LogP contribution is -2.55. The van der Waals surface area contributed by atoms with E-state index in [-0.39, 0.29) is 23.4 Å². The van der Waals surface area contributed by atoms with Gasteiger partial charge in [0.15, 0.2) is 12.2 Å². The number of likely N-dealkylation sites (tertiary alicyclic amines) is 1. The van der Waals surface area contributed by atoms with Crippen LogP contribution in [0.5, 0.6) is 0 Å². The van der Waals surface area contributed by atoms with Crippen LogP contribution in [0.15, 0.2) is 23.2 Å². The summed E-state index contributed by atoms with van der Waals surface area (Å²) < 4.78 is 5.12. The van der Waals surface area contributed by atoms with E-state index in [1.807, 2.05) is 13.8 Å². The standard InChI is InChI=1S/C16H26N6O3/c1-10(2)14(22(18)8-11(17)13-7-20-9-25-13)16(24)21-6-4-5-12(21)15(23)19-3/h7-10,12,14H,4-6,17-18H2,1-3H3,(H,19,23)/b11-8-. The van der Waals surface area contributed by atoms with Gasteiger partial charge in [-0.1, -0.05) is 13.8 Å². The summed E-state index contributed by atoms with van der Waals surface area (Å²) in [6.45, 7) is 4.33. The van der Waals surface area contributed by atoms with E-state index in [1.54, 1.807) is 11.9 Å². The molecule has 0 spiro atoms. The second-order valence-corrected chi connectivity index (χ2v) is 6.39. The third-order valence-electron chi connectivity index (χ3n) is 4.30. The van der Waals surface area contributed by atoms with E-state index < -0.39 is 12.1 Å². The molecular formula is C16H26N6O3. The lowest BCUT2D eigenvalue weighted by Gasteiger charge is -2.34. The minimum absolute atomic E-state index is 0.0813. The molecule has 2 amide bonds. The van der Waals surface area contributed by atoms with Crippen molar-refractivity contribution >= 4 is 17.5 Å². The molecule has 1 fully saturated rings. The molecule has 1 aromatic rings. The van der Waals surface area contributed by atoms with Crippen LogP contribution >= 0.6 is 0 Å². The number of likely N-dealkylation sites (N-methyl/N-ethyl adjacent to an activating group) is 1. The molecule has 0 aliphatic carbocycles. The number of carbonyl (C=O) groups excluding carboxylic acids is 2. The van der Waals surface area contributed by atoms with Gasteiger partial charge >= 0.3 is 0 Å². The van der Waals surface area contributed by atoms with Crippen molar-refractivity contribution in [3.63, 3.8) is 0 Å². The number of aromatic nitrogens is 1. The quantitative estimate of drug-likeness (QED) is 0.481. The maximum absolute atomic E-state index is 13.0. The maximum Gasteiger partial charge on any atom is 0.247 e. The molecule has 0 aromatic carbocycles. The minimum atomic E-state index is -0.647. The number of amides is 2. The first kappa shape index (κ1) is 18.8. The number of hydrogen-bond donors (Lipinski definition) is 3. The zero-order valence-electron chi connectivity index (χ0n) is 14.8. The summed E-state index contributed by atoms with van der Waals surface area (Å²) in [7, 11) is 1.57. The molecule has 0 saturated carbocycles. The van der Waals surface area contributed by atoms with Gasteiger partial charge in [0.1, 0.15) is 12.1 Å². The topological polar surface area (TPSA) is 131 Å². The van der Waals surface area contributed by atoms with Crippen LogP contribution in [0.4, 0.5) is 0 Å². The van der Waals surface area contributed by atoms with Crippen molar-refractivity contribution in [1.82, 2.24) is 20.2 Å². The number of nitrogens with zero attached hydrogens (tertiary/aromatic N) is 3. The van der Waals surface area contributed by atoms with Gasteiger partial charge in [0.05, 0.1) is 11.9 Å². The lowest BCUT2D eigenvalue weighted by atomic mass is 10.0. The van der Waals surface area contributed by atoms with Crippen molar-refractivity contribution in [1.29, 1.82) is 0 Å². The van der Waals surface area contributed by atoms with E-state index in [0.29, 0.717) is 18.7 Å². The Bertz CT molecular complexity index is 628. The van der Waals surface area contributed by atoms with E-state index in [0.717, 1.165) is 6.42 Å². The Morgan fingerprint density at radius 1 is 1.52 bits per heavy atom. The predicted molar refractivity (Wildman–Crippen MR) is 92.1 cm³/mol. The highest BCUT2D eigenvalue weighted by molar-refractivity contribution is 5.90. The Hall–Kier alpha value is -2.55. The van der Waals surface area contributed by atoms with Crippen LogP contribution in [0.25, 0.3) is 5.70 Å². The largest absolute Gasteiger partial charge is 0.442 e. The molecule has 1 aromatic heterocycles. The first-order valence-corrected chi connectivity index (χ1v) is 8.28. The van der Waals surface area contributed by atoms with Crippen LogP contribution in [0, 0.1) is 5.92 Å². The fourth-order valence-corrected chi connectivity index (χ4v) is 3.06. The molecule has 1 saturated heterocycles. The van der Waals surface area contributed by atoms with Gasteiger partial charge in [-0.05, 0) is 18.8 Å². The molecule has 25 heavy (non-hydrogen) atoms. The van der Waals surface area contributed by atoms with Gasteiger partial charge in [0.25, 0.3) is 0 Å². The van der Waals surface area contributed by atoms with Crippen molar-refractivity contribution in [2.24, 2.45) is 17.5 Å². The number of nitrogens with one attached hydrogen (secondary N) is 1. The molecule has 0 bridgehead atoms. The van der Waals surface area contributed by atoms with Gasteiger partial charge in [-0.15, -0.1) is 0 Å². The predicted octanol–water partition coefficient (Wildman–Crippen LogP) is -0.131. The fourth-order valence-electron chi connectivity index (χ4n) is 3.06. The van der Waals surface area contributed by atoms with Crippen LogP contribution in [0.3, 0.4) is 0 Å². The average Bonchev–Trinajstić information content (AvgIpc) is 3.24. The Morgan fingerprint density at radius 2 is 2.24 bits per heavy atom. The van der Waals surface area contributed by atoms with E-state index in [1.165, 1.54) is 23.8 Å². The van der Waals surface area contributed by atoms with Crippen molar-refractivity contribution in [3.05, 3.63) is 24.6 Å². The first-order chi connectivity index (χ1) is 11.9. The number of oxazole rings is 1. The van der Waals surface area contributed by atoms with Crippen LogP contribution in [-0.2, 0) is 9.59 Å². The number of carbonyl (C=O) groups is 2. The van der Waals surface area contributed by atoms with Crippen molar-refractivity contribution in [2.75, 3.05) is 13.6 Å². The highest BCUT2D eigenvalue weighted by Crippen LogP contribution is 2.22. The molecule has 9 heteroatoms. The molecule has 1 aliphatic rings. The molecule has 5 N–H and O–H groups in total. The third kappa shape index (κ3) is 4.11. The molecule has 2 unspecified atom stereocenters. The van der Waals surface area contributed by atoms with Crippen molar-refractivity contribution in [3.8, 4) is 0 Å². The van der Waals surface area contributed by atoms with Gasteiger partial charge in [-0.3, -0.25) is 9.59 Å². The highest BCUT2D eigenvalue weighted by Gasteiger charge is 2.39. The van der Waals surface area contributed by atoms with Gasteiger partial charge in [0, 0.05) is 19.8 Å². The lowest BCUT2D eigenvalue weighted by molar-refractivity contribution is -0.143. The summed E-state index contributed by atoms with van der Waals surface area (Å²) in [5, 5.41) is 3.89. The maximum atomic E-state index is 13.0. The average molecular weight is 350 g/mol. The molecule has 9 nitrogen and oxygen atoms in total. The molecule has 1 aliphatic heterocycles. The smallest absolute Gasteiger partial charge is 0.247 e. The third-order valence-corrected chi connectivity index (χ3v) is 4.30. The molecule has 2 heterocycles. The summed E-state index contributed by atoms with van der Waals surface area (Å²) in [5.74, 6) is 6.06. The fraction of sp³-hybridized carbons (Fsp3) is 0.562. The van der Waals surface area contributed by atoms with Crippen LogP contribution in [0.2, 0.25) is 0 Å². The summed E-state index contributed by atoms with van der Waals surface area (Å²) >= 11 is 0. The second-order valence-electron chi connectivity index (χ2n) is 6.39. The molecule has 138 valence electrons. The van der Waals surface area contributed by atoms with E-state index >= 15 is 0 Å². The van der Waals surface area contributed by atoms with E-state index in [4.69, 9.17) is 16.0 Å². The Morgan fingerprint density at radius 3 is 2.80 bits per heavy atom. The molecule has 2 atom stereocenters. The molecular weight excluding hydrogens is 324 g/mol. The number of hydrogen-bond acceptors (Lipinski definition) is 7. The van der Waals surface area contributed by atoms with Gasteiger partial charge in [-0.2, -0.15) is 0 Å². The monoisotopic (exact) mass is 350 g/mol. The zero-order chi connectivity index (χ0) is 18.6. The van der Waals surface area contributed by atoms with Crippen LogP contribution in [-0.4, -0.2) is 52.4 Å². The number of rotatable bonds is 6. The number of hydrazine groups is 1.